The molecule has 1 aromatic heterocycles. The molecule has 1 aliphatic heterocycles. The Kier molecular flexibility index (Phi) is 5.43. The van der Waals surface area contributed by atoms with Gasteiger partial charge in [-0.25, -0.2) is 0 Å². The minimum atomic E-state index is -0.0865. The molecule has 1 fully saturated rings. The maximum atomic E-state index is 12.1. The van der Waals surface area contributed by atoms with Crippen molar-refractivity contribution in [2.75, 3.05) is 38.0 Å². The van der Waals surface area contributed by atoms with Gasteiger partial charge in [-0.3, -0.25) is 14.6 Å². The van der Waals surface area contributed by atoms with Crippen LogP contribution in [0.1, 0.15) is 16.9 Å². The lowest BCUT2D eigenvalue weighted by molar-refractivity contribution is -0.117. The smallest absolute Gasteiger partial charge is 0.239 e. The second kappa shape index (κ2) is 7.92. The fourth-order valence-corrected chi connectivity index (χ4v) is 2.92. The van der Waals surface area contributed by atoms with Crippen molar-refractivity contribution in [1.29, 1.82) is 5.26 Å². The summed E-state index contributed by atoms with van der Waals surface area (Å²) >= 11 is 0. The van der Waals surface area contributed by atoms with Crippen molar-refractivity contribution in [2.24, 2.45) is 0 Å². The molecule has 0 aliphatic carbocycles. The summed E-state index contributed by atoms with van der Waals surface area (Å²) in [6.45, 7) is 6.27. The topological polar surface area (TPSA) is 85.4 Å². The Bertz CT molecular complexity index is 772. The molecule has 25 heavy (non-hydrogen) atoms. The van der Waals surface area contributed by atoms with Gasteiger partial charge in [0.2, 0.25) is 5.91 Å². The predicted molar refractivity (Wildman–Crippen MR) is 92.7 cm³/mol. The third kappa shape index (κ3) is 4.66. The molecule has 0 spiro atoms. The number of carbonyl (C=O) groups excluding carboxylic acids is 1. The summed E-state index contributed by atoms with van der Waals surface area (Å²) in [6, 6.07) is 11.6. The Morgan fingerprint density at radius 1 is 1.28 bits per heavy atom. The highest BCUT2D eigenvalue weighted by Gasteiger charge is 2.20. The first-order valence-corrected chi connectivity index (χ1v) is 8.30. The molecule has 2 heterocycles. The van der Waals surface area contributed by atoms with E-state index in [9.17, 15) is 10.1 Å². The average molecular weight is 339 g/mol. The molecule has 1 aromatic carbocycles. The van der Waals surface area contributed by atoms with Crippen LogP contribution in [0.5, 0.6) is 0 Å². The molecule has 0 bridgehead atoms. The summed E-state index contributed by atoms with van der Waals surface area (Å²) in [4.78, 5) is 16.5. The number of anilines is 1. The number of piperazine rings is 1. The number of nitriles is 1. The largest absolute Gasteiger partial charge is 0.360 e. The first-order valence-electron chi connectivity index (χ1n) is 8.30. The Hall–Kier alpha value is -2.69. The van der Waals surface area contributed by atoms with E-state index in [0.29, 0.717) is 18.1 Å². The molecule has 2 aromatic rings. The first kappa shape index (κ1) is 17.1. The first-order chi connectivity index (χ1) is 12.1. The van der Waals surface area contributed by atoms with E-state index in [-0.39, 0.29) is 5.91 Å². The van der Waals surface area contributed by atoms with Gasteiger partial charge in [0.25, 0.3) is 0 Å². The predicted octanol–water partition coefficient (Wildman–Crippen LogP) is 1.61. The second-order valence-electron chi connectivity index (χ2n) is 6.19. The second-order valence-corrected chi connectivity index (χ2v) is 6.19. The van der Waals surface area contributed by atoms with Crippen molar-refractivity contribution < 1.29 is 9.32 Å². The zero-order valence-electron chi connectivity index (χ0n) is 14.2. The van der Waals surface area contributed by atoms with Gasteiger partial charge in [-0.2, -0.15) is 5.26 Å². The molecule has 7 nitrogen and oxygen atoms in total. The number of benzene rings is 1. The summed E-state index contributed by atoms with van der Waals surface area (Å²) in [7, 11) is 0. The lowest BCUT2D eigenvalue weighted by Crippen LogP contribution is -2.48. The monoisotopic (exact) mass is 339 g/mol. The van der Waals surface area contributed by atoms with Crippen molar-refractivity contribution in [2.45, 2.75) is 13.5 Å². The minimum Gasteiger partial charge on any atom is -0.360 e. The van der Waals surface area contributed by atoms with Crippen LogP contribution in [-0.4, -0.2) is 53.6 Å². The number of hydrogen-bond acceptors (Lipinski definition) is 6. The molecule has 1 aliphatic rings. The summed E-state index contributed by atoms with van der Waals surface area (Å²) in [5, 5.41) is 15.7. The van der Waals surface area contributed by atoms with Gasteiger partial charge >= 0.3 is 0 Å². The number of carbonyl (C=O) groups is 1. The molecule has 1 saturated heterocycles. The van der Waals surface area contributed by atoms with E-state index in [1.165, 1.54) is 0 Å². The van der Waals surface area contributed by atoms with Gasteiger partial charge in [-0.1, -0.05) is 23.4 Å². The van der Waals surface area contributed by atoms with E-state index in [2.05, 4.69) is 26.3 Å². The Morgan fingerprint density at radius 2 is 2.00 bits per heavy atom. The normalized spacial score (nSPS) is 15.7. The van der Waals surface area contributed by atoms with Gasteiger partial charge in [0.1, 0.15) is 5.76 Å². The summed E-state index contributed by atoms with van der Waals surface area (Å²) in [5.41, 5.74) is 1.78. The quantitative estimate of drug-likeness (QED) is 0.891. The molecule has 3 rings (SSSR count). The third-order valence-electron chi connectivity index (χ3n) is 4.26. The number of rotatable bonds is 5. The SMILES string of the molecule is Cc1cc(NC(=O)CN2CCN(Cc3ccccc3C#N)CC2)no1. The van der Waals surface area contributed by atoms with Crippen molar-refractivity contribution >= 4 is 11.7 Å². The molecule has 0 saturated carbocycles. The van der Waals surface area contributed by atoms with E-state index in [1.54, 1.807) is 13.0 Å². The highest BCUT2D eigenvalue weighted by molar-refractivity contribution is 5.91. The number of hydrogen-bond donors (Lipinski definition) is 1. The number of amides is 1. The number of aromatic nitrogens is 1. The maximum Gasteiger partial charge on any atom is 0.239 e. The van der Waals surface area contributed by atoms with E-state index >= 15 is 0 Å². The molecule has 1 amide bonds. The van der Waals surface area contributed by atoms with Gasteiger partial charge in [0, 0.05) is 38.8 Å². The fraction of sp³-hybridized carbons (Fsp3) is 0.389. The summed E-state index contributed by atoms with van der Waals surface area (Å²) in [6.07, 6.45) is 0. The lowest BCUT2D eigenvalue weighted by Gasteiger charge is -2.34. The van der Waals surface area contributed by atoms with Gasteiger partial charge in [0.15, 0.2) is 5.82 Å². The molecule has 0 atom stereocenters. The standard InChI is InChI=1S/C18H21N5O2/c1-14-10-17(21-25-14)20-18(24)13-23-8-6-22(7-9-23)12-16-5-3-2-4-15(16)11-19/h2-5,10H,6-9,12-13H2,1H3,(H,20,21,24). The van der Waals surface area contributed by atoms with Crippen LogP contribution in [0.4, 0.5) is 5.82 Å². The molecule has 1 N–H and O–H groups in total. The molecular weight excluding hydrogens is 318 g/mol. The highest BCUT2D eigenvalue weighted by atomic mass is 16.5. The van der Waals surface area contributed by atoms with Gasteiger partial charge < -0.3 is 9.84 Å². The average Bonchev–Trinajstić information content (AvgIpc) is 3.02. The zero-order valence-corrected chi connectivity index (χ0v) is 14.2. The van der Waals surface area contributed by atoms with Crippen LogP contribution in [0, 0.1) is 18.3 Å². The molecule has 0 radical (unpaired) electrons. The maximum absolute atomic E-state index is 12.1. The number of nitrogens with zero attached hydrogens (tertiary/aromatic N) is 4. The van der Waals surface area contributed by atoms with Crippen LogP contribution < -0.4 is 5.32 Å². The summed E-state index contributed by atoms with van der Waals surface area (Å²) in [5.74, 6) is 1.03. The van der Waals surface area contributed by atoms with Crippen LogP contribution in [0.3, 0.4) is 0 Å². The molecule has 130 valence electrons. The Labute approximate surface area is 146 Å². The van der Waals surface area contributed by atoms with E-state index in [4.69, 9.17) is 4.52 Å². The van der Waals surface area contributed by atoms with E-state index in [1.807, 2.05) is 24.3 Å². The van der Waals surface area contributed by atoms with Gasteiger partial charge in [0.05, 0.1) is 18.2 Å². The van der Waals surface area contributed by atoms with Gasteiger partial charge in [-0.15, -0.1) is 0 Å². The van der Waals surface area contributed by atoms with Crippen molar-refractivity contribution in [3.05, 3.63) is 47.2 Å². The Balaban J connectivity index is 1.45. The highest BCUT2D eigenvalue weighted by Crippen LogP contribution is 2.13. The van der Waals surface area contributed by atoms with E-state index < -0.39 is 0 Å². The third-order valence-corrected chi connectivity index (χ3v) is 4.26. The van der Waals surface area contributed by atoms with Gasteiger partial charge in [-0.05, 0) is 18.6 Å². The van der Waals surface area contributed by atoms with Crippen molar-refractivity contribution in [3.63, 3.8) is 0 Å². The van der Waals surface area contributed by atoms with Crippen LogP contribution in [0.25, 0.3) is 0 Å². The van der Waals surface area contributed by atoms with Crippen LogP contribution in [-0.2, 0) is 11.3 Å². The lowest BCUT2D eigenvalue weighted by atomic mass is 10.1. The molecular formula is C18H21N5O2. The van der Waals surface area contributed by atoms with Crippen LogP contribution in [0.15, 0.2) is 34.9 Å². The fourth-order valence-electron chi connectivity index (χ4n) is 2.92. The zero-order chi connectivity index (χ0) is 17.6. The summed E-state index contributed by atoms with van der Waals surface area (Å²) < 4.78 is 4.94. The van der Waals surface area contributed by atoms with Crippen LogP contribution >= 0.6 is 0 Å². The number of nitrogens with one attached hydrogen (secondary N) is 1. The van der Waals surface area contributed by atoms with Crippen molar-refractivity contribution in [1.82, 2.24) is 15.0 Å². The molecule has 0 unspecified atom stereocenters. The molecule has 7 heteroatoms. The van der Waals surface area contributed by atoms with Crippen LogP contribution in [0.2, 0.25) is 0 Å². The van der Waals surface area contributed by atoms with Crippen molar-refractivity contribution in [3.8, 4) is 6.07 Å². The number of aryl methyl sites for hydroxylation is 1. The minimum absolute atomic E-state index is 0.0865. The van der Waals surface area contributed by atoms with E-state index in [0.717, 1.165) is 43.9 Å². The Morgan fingerprint density at radius 3 is 2.68 bits per heavy atom.